The molecule has 0 saturated heterocycles. The summed E-state index contributed by atoms with van der Waals surface area (Å²) in [5.41, 5.74) is 2.49. The summed E-state index contributed by atoms with van der Waals surface area (Å²) in [6.45, 7) is 2.02. The summed E-state index contributed by atoms with van der Waals surface area (Å²) >= 11 is 4.70. The number of hydrogen-bond donors (Lipinski definition) is 2. The Hall–Kier alpha value is -2.45. The first-order valence-corrected chi connectivity index (χ1v) is 10.8. The van der Waals surface area contributed by atoms with E-state index in [1.165, 1.54) is 17.8 Å². The summed E-state index contributed by atoms with van der Waals surface area (Å²) in [7, 11) is 0. The van der Waals surface area contributed by atoms with E-state index in [2.05, 4.69) is 31.2 Å². The Morgan fingerprint density at radius 3 is 2.83 bits per heavy atom. The normalized spacial score (nSPS) is 15.7. The number of amides is 1. The monoisotopic (exact) mass is 473 g/mol. The van der Waals surface area contributed by atoms with Crippen molar-refractivity contribution < 1.29 is 9.18 Å². The molecule has 148 valence electrons. The number of benzene rings is 2. The fourth-order valence-electron chi connectivity index (χ4n) is 3.38. The molecule has 0 spiro atoms. The summed E-state index contributed by atoms with van der Waals surface area (Å²) in [6, 6.07) is 12.5. The number of fused-ring (bicyclic) bond motifs is 1. The van der Waals surface area contributed by atoms with Crippen LogP contribution in [-0.2, 0) is 10.5 Å². The Morgan fingerprint density at radius 2 is 2.03 bits per heavy atom. The molecule has 4 rings (SSSR count). The van der Waals surface area contributed by atoms with E-state index in [4.69, 9.17) is 0 Å². The van der Waals surface area contributed by atoms with Crippen LogP contribution in [-0.4, -0.2) is 15.9 Å². The summed E-state index contributed by atoms with van der Waals surface area (Å²) in [6.07, 6.45) is -0.0131. The second kappa shape index (κ2) is 8.12. The molecule has 0 radical (unpaired) electrons. The number of halogens is 2. The molecule has 1 aliphatic heterocycles. The van der Waals surface area contributed by atoms with E-state index in [9.17, 15) is 14.0 Å². The van der Waals surface area contributed by atoms with Crippen LogP contribution in [0, 0.1) is 12.7 Å². The molecule has 2 aromatic carbocycles. The molecule has 1 aromatic heterocycles. The van der Waals surface area contributed by atoms with Crippen molar-refractivity contribution in [2.75, 3.05) is 5.32 Å². The third kappa shape index (κ3) is 4.13. The maximum Gasteiger partial charge on any atom is 0.257 e. The zero-order chi connectivity index (χ0) is 20.5. The molecule has 1 unspecified atom stereocenters. The standard InChI is InChI=1S/C21H17BrFN3O2S/c1-11-4-2-3-5-12(11)10-29-21-25-19-18(20(28)26-21)15(9-17(27)24-19)14-8-13(22)6-7-16(14)23/h2-8,15H,9-10H2,1H3,(H2,24,25,26,27,28). The molecule has 8 heteroatoms. The van der Waals surface area contributed by atoms with Crippen molar-refractivity contribution in [1.29, 1.82) is 0 Å². The lowest BCUT2D eigenvalue weighted by Gasteiger charge is -2.25. The summed E-state index contributed by atoms with van der Waals surface area (Å²) in [4.78, 5) is 32.3. The number of hydrogen-bond acceptors (Lipinski definition) is 4. The van der Waals surface area contributed by atoms with Crippen LogP contribution in [0.3, 0.4) is 0 Å². The Kier molecular flexibility index (Phi) is 5.56. The first-order valence-electron chi connectivity index (χ1n) is 8.98. The number of nitrogens with zero attached hydrogens (tertiary/aromatic N) is 1. The van der Waals surface area contributed by atoms with Crippen molar-refractivity contribution in [1.82, 2.24) is 9.97 Å². The second-order valence-electron chi connectivity index (χ2n) is 6.82. The van der Waals surface area contributed by atoms with Crippen LogP contribution < -0.4 is 10.9 Å². The van der Waals surface area contributed by atoms with Crippen LogP contribution in [0.15, 0.2) is 56.9 Å². The van der Waals surface area contributed by atoms with Gasteiger partial charge in [-0.1, -0.05) is 52.0 Å². The summed E-state index contributed by atoms with van der Waals surface area (Å²) < 4.78 is 15.1. The van der Waals surface area contributed by atoms with Gasteiger partial charge in [0.25, 0.3) is 5.56 Å². The topological polar surface area (TPSA) is 74.8 Å². The van der Waals surface area contributed by atoms with Crippen LogP contribution in [0.4, 0.5) is 10.2 Å². The molecule has 1 amide bonds. The molecular weight excluding hydrogens is 457 g/mol. The van der Waals surface area contributed by atoms with E-state index < -0.39 is 11.7 Å². The van der Waals surface area contributed by atoms with Gasteiger partial charge in [-0.05, 0) is 41.8 Å². The van der Waals surface area contributed by atoms with Gasteiger partial charge in [0.1, 0.15) is 11.6 Å². The van der Waals surface area contributed by atoms with Gasteiger partial charge in [0, 0.05) is 22.6 Å². The van der Waals surface area contributed by atoms with Crippen molar-refractivity contribution in [2.24, 2.45) is 0 Å². The fourth-order valence-corrected chi connectivity index (χ4v) is 4.70. The number of thioether (sulfide) groups is 1. The van der Waals surface area contributed by atoms with Gasteiger partial charge in [0.05, 0.1) is 5.56 Å². The smallest absolute Gasteiger partial charge is 0.257 e. The van der Waals surface area contributed by atoms with Gasteiger partial charge in [0.2, 0.25) is 5.91 Å². The van der Waals surface area contributed by atoms with Gasteiger partial charge in [-0.15, -0.1) is 0 Å². The van der Waals surface area contributed by atoms with Gasteiger partial charge in [-0.25, -0.2) is 9.37 Å². The van der Waals surface area contributed by atoms with E-state index in [1.54, 1.807) is 12.1 Å². The van der Waals surface area contributed by atoms with Crippen molar-refractivity contribution in [3.8, 4) is 0 Å². The lowest BCUT2D eigenvalue weighted by molar-refractivity contribution is -0.116. The van der Waals surface area contributed by atoms with Crippen molar-refractivity contribution in [2.45, 2.75) is 30.2 Å². The Labute approximate surface area is 179 Å². The highest BCUT2D eigenvalue weighted by Crippen LogP contribution is 2.36. The Morgan fingerprint density at radius 1 is 1.24 bits per heavy atom. The molecule has 5 nitrogen and oxygen atoms in total. The maximum atomic E-state index is 14.4. The summed E-state index contributed by atoms with van der Waals surface area (Å²) in [5.74, 6) is -0.623. The zero-order valence-corrected chi connectivity index (χ0v) is 17.9. The number of anilines is 1. The molecule has 3 aromatic rings. The number of carbonyl (C=O) groups is 1. The highest BCUT2D eigenvalue weighted by atomic mass is 79.9. The van der Waals surface area contributed by atoms with Crippen LogP contribution in [0.1, 0.15) is 34.6 Å². The zero-order valence-electron chi connectivity index (χ0n) is 15.5. The van der Waals surface area contributed by atoms with Crippen molar-refractivity contribution in [3.63, 3.8) is 0 Å². The predicted octanol–water partition coefficient (Wildman–Crippen LogP) is 4.75. The highest BCUT2D eigenvalue weighted by Gasteiger charge is 2.32. The van der Waals surface area contributed by atoms with Gasteiger partial charge < -0.3 is 10.3 Å². The molecule has 2 N–H and O–H groups in total. The lowest BCUT2D eigenvalue weighted by Crippen LogP contribution is -2.31. The molecule has 1 aliphatic rings. The number of H-pyrrole nitrogens is 1. The Balaban J connectivity index is 1.70. The molecule has 1 atom stereocenters. The third-order valence-electron chi connectivity index (χ3n) is 4.89. The van der Waals surface area contributed by atoms with Gasteiger partial charge in [0.15, 0.2) is 5.16 Å². The van der Waals surface area contributed by atoms with Crippen LogP contribution in [0.25, 0.3) is 0 Å². The first-order chi connectivity index (χ1) is 13.9. The predicted molar refractivity (Wildman–Crippen MR) is 115 cm³/mol. The molecule has 0 fully saturated rings. The minimum absolute atomic E-state index is 0.0131. The number of carbonyl (C=O) groups excluding carboxylic acids is 1. The van der Waals surface area contributed by atoms with Crippen LogP contribution in [0.5, 0.6) is 0 Å². The molecule has 0 saturated carbocycles. The molecule has 2 heterocycles. The van der Waals surface area contributed by atoms with Gasteiger partial charge in [-0.3, -0.25) is 9.59 Å². The van der Waals surface area contributed by atoms with Crippen LogP contribution in [0.2, 0.25) is 0 Å². The molecular formula is C21H17BrFN3O2S. The van der Waals surface area contributed by atoms with E-state index in [0.29, 0.717) is 20.9 Å². The summed E-state index contributed by atoms with van der Waals surface area (Å²) in [5, 5.41) is 3.08. The SMILES string of the molecule is Cc1ccccc1CSc1nc2c(c(=O)[nH]1)C(c1cc(Br)ccc1F)CC(=O)N2. The number of nitrogens with one attached hydrogen (secondary N) is 2. The van der Waals surface area contributed by atoms with Crippen molar-refractivity contribution >= 4 is 39.4 Å². The highest BCUT2D eigenvalue weighted by molar-refractivity contribution is 9.10. The molecule has 29 heavy (non-hydrogen) atoms. The van der Waals surface area contributed by atoms with E-state index in [1.807, 2.05) is 31.2 Å². The van der Waals surface area contributed by atoms with E-state index >= 15 is 0 Å². The maximum absolute atomic E-state index is 14.4. The average molecular weight is 474 g/mol. The largest absolute Gasteiger partial charge is 0.310 e. The lowest BCUT2D eigenvalue weighted by atomic mass is 9.86. The minimum atomic E-state index is -0.692. The molecule has 0 bridgehead atoms. The molecule has 0 aliphatic carbocycles. The average Bonchev–Trinajstić information content (AvgIpc) is 2.68. The quantitative estimate of drug-likeness (QED) is 0.423. The van der Waals surface area contributed by atoms with Crippen molar-refractivity contribution in [3.05, 3.63) is 85.4 Å². The van der Waals surface area contributed by atoms with Gasteiger partial charge in [-0.2, -0.15) is 0 Å². The number of aryl methyl sites for hydroxylation is 1. The van der Waals surface area contributed by atoms with E-state index in [0.717, 1.165) is 11.1 Å². The van der Waals surface area contributed by atoms with Crippen LogP contribution >= 0.6 is 27.7 Å². The first kappa shape index (κ1) is 19.8. The van der Waals surface area contributed by atoms with Gasteiger partial charge >= 0.3 is 0 Å². The second-order valence-corrected chi connectivity index (χ2v) is 8.70. The third-order valence-corrected chi connectivity index (χ3v) is 6.30. The Bertz CT molecular complexity index is 1160. The fraction of sp³-hybridized carbons (Fsp3) is 0.190. The number of rotatable bonds is 4. The minimum Gasteiger partial charge on any atom is -0.310 e. The van der Waals surface area contributed by atoms with E-state index in [-0.39, 0.29) is 29.3 Å². The number of aromatic amines is 1. The number of aromatic nitrogens is 2.